The predicted molar refractivity (Wildman–Crippen MR) is 86.0 cm³/mol. The van der Waals surface area contributed by atoms with E-state index in [9.17, 15) is 8.42 Å². The first-order chi connectivity index (χ1) is 9.95. The molecule has 0 fully saturated rings. The molecule has 2 rings (SSSR count). The van der Waals surface area contributed by atoms with Crippen LogP contribution in [0.25, 0.3) is 0 Å². The highest BCUT2D eigenvalue weighted by Gasteiger charge is 2.25. The van der Waals surface area contributed by atoms with Gasteiger partial charge < -0.3 is 5.32 Å². The van der Waals surface area contributed by atoms with Crippen molar-refractivity contribution >= 4 is 21.6 Å². The largest absolute Gasteiger partial charge is 0.313 e. The summed E-state index contributed by atoms with van der Waals surface area (Å²) in [6.45, 7) is 6.38. The van der Waals surface area contributed by atoms with E-state index in [0.717, 1.165) is 18.5 Å². The Morgan fingerprint density at radius 2 is 2.14 bits per heavy atom. The van der Waals surface area contributed by atoms with Crippen LogP contribution in [0.4, 0.5) is 0 Å². The van der Waals surface area contributed by atoms with Crippen LogP contribution >= 0.6 is 11.6 Å². The monoisotopic (exact) mass is 328 g/mol. The van der Waals surface area contributed by atoms with Crippen molar-refractivity contribution in [2.45, 2.75) is 31.7 Å². The maximum atomic E-state index is 12.7. The van der Waals surface area contributed by atoms with Crippen molar-refractivity contribution in [2.24, 2.45) is 0 Å². The molecule has 1 aromatic rings. The van der Waals surface area contributed by atoms with E-state index >= 15 is 0 Å². The second-order valence-corrected chi connectivity index (χ2v) is 7.54. The number of hydrogen-bond acceptors (Lipinski definition) is 3. The van der Waals surface area contributed by atoms with Gasteiger partial charge in [-0.25, -0.2) is 8.42 Å². The molecule has 0 aromatic heterocycles. The molecule has 0 amide bonds. The van der Waals surface area contributed by atoms with Crippen molar-refractivity contribution in [2.75, 3.05) is 19.6 Å². The molecule has 0 bridgehead atoms. The number of benzene rings is 1. The van der Waals surface area contributed by atoms with Gasteiger partial charge in [-0.2, -0.15) is 4.31 Å². The lowest BCUT2D eigenvalue weighted by Gasteiger charge is -2.25. The highest BCUT2D eigenvalue weighted by atomic mass is 35.5. The van der Waals surface area contributed by atoms with Gasteiger partial charge in [0.05, 0.1) is 4.90 Å². The van der Waals surface area contributed by atoms with Gasteiger partial charge >= 0.3 is 0 Å². The summed E-state index contributed by atoms with van der Waals surface area (Å²) >= 11 is 6.13. The normalized spacial score (nSPS) is 16.8. The van der Waals surface area contributed by atoms with Crippen LogP contribution in [0.3, 0.4) is 0 Å². The molecule has 116 valence electrons. The van der Waals surface area contributed by atoms with E-state index in [1.54, 1.807) is 18.2 Å². The standard InChI is InChI=1S/C15H21ClN2O2S/c1-3-17-11-13-10-14(4-5-15(13)16)21(19,20)18-8-6-12(2)7-9-18/h4-6,10,17H,3,7-9,11H2,1-2H3. The van der Waals surface area contributed by atoms with Gasteiger partial charge in [0.25, 0.3) is 0 Å². The van der Waals surface area contributed by atoms with Gasteiger partial charge in [0, 0.05) is 24.7 Å². The fourth-order valence-corrected chi connectivity index (χ4v) is 3.84. The Balaban J connectivity index is 2.28. The fraction of sp³-hybridized carbons (Fsp3) is 0.467. The molecule has 1 aliphatic rings. The van der Waals surface area contributed by atoms with E-state index in [1.807, 2.05) is 19.9 Å². The quantitative estimate of drug-likeness (QED) is 0.846. The predicted octanol–water partition coefficient (Wildman–Crippen LogP) is 2.79. The Labute approximate surface area is 131 Å². The van der Waals surface area contributed by atoms with E-state index < -0.39 is 10.0 Å². The van der Waals surface area contributed by atoms with Crippen molar-refractivity contribution in [3.8, 4) is 0 Å². The summed E-state index contributed by atoms with van der Waals surface area (Å²) in [5, 5.41) is 3.75. The third kappa shape index (κ3) is 3.86. The SMILES string of the molecule is CCNCc1cc(S(=O)(=O)N2CC=C(C)CC2)ccc1Cl. The van der Waals surface area contributed by atoms with Gasteiger partial charge in [0.1, 0.15) is 0 Å². The maximum absolute atomic E-state index is 12.7. The van der Waals surface area contributed by atoms with Crippen molar-refractivity contribution < 1.29 is 8.42 Å². The van der Waals surface area contributed by atoms with E-state index in [-0.39, 0.29) is 0 Å². The molecule has 0 unspecified atom stereocenters. The molecule has 1 N–H and O–H groups in total. The third-order valence-corrected chi connectivity index (χ3v) is 5.85. The molecule has 0 aliphatic carbocycles. The average Bonchev–Trinajstić information content (AvgIpc) is 2.46. The first kappa shape index (κ1) is 16.5. The number of sulfonamides is 1. The Morgan fingerprint density at radius 1 is 1.38 bits per heavy atom. The van der Waals surface area contributed by atoms with Crippen LogP contribution < -0.4 is 5.32 Å². The molecule has 6 heteroatoms. The smallest absolute Gasteiger partial charge is 0.243 e. The summed E-state index contributed by atoms with van der Waals surface area (Å²) in [4.78, 5) is 0.313. The molecule has 0 saturated carbocycles. The van der Waals surface area contributed by atoms with Crippen molar-refractivity contribution in [1.82, 2.24) is 9.62 Å². The van der Waals surface area contributed by atoms with Crippen LogP contribution in [0.1, 0.15) is 25.8 Å². The molecule has 0 saturated heterocycles. The van der Waals surface area contributed by atoms with E-state index in [2.05, 4.69) is 5.32 Å². The Kier molecular flexibility index (Phi) is 5.43. The highest BCUT2D eigenvalue weighted by Crippen LogP contribution is 2.24. The summed E-state index contributed by atoms with van der Waals surface area (Å²) in [7, 11) is -3.45. The van der Waals surface area contributed by atoms with Crippen molar-refractivity contribution in [3.63, 3.8) is 0 Å². The van der Waals surface area contributed by atoms with Gasteiger partial charge in [-0.05, 0) is 43.7 Å². The lowest BCUT2D eigenvalue weighted by molar-refractivity contribution is 0.431. The number of nitrogens with zero attached hydrogens (tertiary/aromatic N) is 1. The lowest BCUT2D eigenvalue weighted by atomic mass is 10.1. The summed E-state index contributed by atoms with van der Waals surface area (Å²) < 4.78 is 26.8. The van der Waals surface area contributed by atoms with Gasteiger partial charge in [-0.15, -0.1) is 0 Å². The second-order valence-electron chi connectivity index (χ2n) is 5.20. The van der Waals surface area contributed by atoms with Gasteiger partial charge in [0.2, 0.25) is 10.0 Å². The minimum absolute atomic E-state index is 0.313. The summed E-state index contributed by atoms with van der Waals surface area (Å²) in [6.07, 6.45) is 2.76. The topological polar surface area (TPSA) is 49.4 Å². The zero-order valence-electron chi connectivity index (χ0n) is 12.4. The number of rotatable bonds is 5. The third-order valence-electron chi connectivity index (χ3n) is 3.62. The van der Waals surface area contributed by atoms with Crippen LogP contribution in [0, 0.1) is 0 Å². The number of halogens is 1. The molecule has 0 radical (unpaired) electrons. The first-order valence-electron chi connectivity index (χ1n) is 7.10. The van der Waals surface area contributed by atoms with Crippen LogP contribution in [0.5, 0.6) is 0 Å². The molecule has 4 nitrogen and oxygen atoms in total. The molecule has 0 atom stereocenters. The van der Waals surface area contributed by atoms with E-state index in [0.29, 0.717) is 29.6 Å². The summed E-state index contributed by atoms with van der Waals surface area (Å²) in [6, 6.07) is 4.91. The Hall–Kier alpha value is -0.880. The molecular weight excluding hydrogens is 308 g/mol. The van der Waals surface area contributed by atoms with Crippen molar-refractivity contribution in [1.29, 1.82) is 0 Å². The zero-order chi connectivity index (χ0) is 15.5. The highest BCUT2D eigenvalue weighted by molar-refractivity contribution is 7.89. The van der Waals surface area contributed by atoms with Gasteiger partial charge in [-0.3, -0.25) is 0 Å². The Morgan fingerprint density at radius 3 is 2.76 bits per heavy atom. The van der Waals surface area contributed by atoms with Crippen LogP contribution in [0.2, 0.25) is 5.02 Å². The minimum atomic E-state index is -3.45. The Bertz CT molecular complexity index is 641. The average molecular weight is 329 g/mol. The zero-order valence-corrected chi connectivity index (χ0v) is 14.0. The van der Waals surface area contributed by atoms with E-state index in [4.69, 9.17) is 11.6 Å². The van der Waals surface area contributed by atoms with Gasteiger partial charge in [-0.1, -0.05) is 30.2 Å². The van der Waals surface area contributed by atoms with E-state index in [1.165, 1.54) is 9.88 Å². The molecule has 21 heavy (non-hydrogen) atoms. The van der Waals surface area contributed by atoms with Crippen LogP contribution in [-0.2, 0) is 16.6 Å². The summed E-state index contributed by atoms with van der Waals surface area (Å²) in [5.74, 6) is 0. The van der Waals surface area contributed by atoms with Gasteiger partial charge in [0.15, 0.2) is 0 Å². The first-order valence-corrected chi connectivity index (χ1v) is 8.92. The number of nitrogens with one attached hydrogen (secondary N) is 1. The fourth-order valence-electron chi connectivity index (χ4n) is 2.23. The summed E-state index contributed by atoms with van der Waals surface area (Å²) in [5.41, 5.74) is 2.05. The maximum Gasteiger partial charge on any atom is 0.243 e. The van der Waals surface area contributed by atoms with Crippen LogP contribution in [0.15, 0.2) is 34.7 Å². The lowest BCUT2D eigenvalue weighted by Crippen LogP contribution is -2.34. The van der Waals surface area contributed by atoms with Crippen molar-refractivity contribution in [3.05, 3.63) is 40.4 Å². The molecular formula is C15H21ClN2O2S. The minimum Gasteiger partial charge on any atom is -0.313 e. The number of hydrogen-bond donors (Lipinski definition) is 1. The molecule has 1 heterocycles. The molecule has 1 aromatic carbocycles. The van der Waals surface area contributed by atoms with Crippen LogP contribution in [-0.4, -0.2) is 32.4 Å². The second kappa shape index (κ2) is 6.92. The molecule has 0 spiro atoms. The molecule has 1 aliphatic heterocycles.